The minimum Gasteiger partial charge on any atom is -0.326 e. The first-order valence-corrected chi connectivity index (χ1v) is 6.19. The first kappa shape index (κ1) is 14.0. The Hall–Kier alpha value is -2.41. The molecule has 7 nitrogen and oxygen atoms in total. The molecule has 3 amide bonds. The van der Waals surface area contributed by atoms with Gasteiger partial charge in [-0.3, -0.25) is 19.8 Å². The minimum atomic E-state index is -0.428. The largest absolute Gasteiger partial charge is 0.326 e. The molecule has 1 unspecified atom stereocenters. The molecule has 2 rings (SSSR count). The Morgan fingerprint density at radius 1 is 1.30 bits per heavy atom. The molecule has 0 aromatic heterocycles. The molecule has 20 heavy (non-hydrogen) atoms. The van der Waals surface area contributed by atoms with Crippen LogP contribution in [0.15, 0.2) is 24.3 Å². The first-order valence-electron chi connectivity index (χ1n) is 6.19. The number of hydrogen-bond donors (Lipinski definition) is 3. The molecule has 1 heterocycles. The number of hydrazine groups is 1. The monoisotopic (exact) mass is 276 g/mol. The highest BCUT2D eigenvalue weighted by molar-refractivity contribution is 6.00. The van der Waals surface area contributed by atoms with Crippen LogP contribution in [0.3, 0.4) is 0 Å². The van der Waals surface area contributed by atoms with Crippen LogP contribution in [0.1, 0.15) is 13.3 Å². The Bertz CT molecular complexity index is 541. The molecule has 1 atom stereocenters. The van der Waals surface area contributed by atoms with Crippen LogP contribution in [0, 0.1) is 5.92 Å². The number of nitrogens with one attached hydrogen (secondary N) is 2. The molecule has 1 aromatic rings. The fourth-order valence-corrected chi connectivity index (χ4v) is 2.18. The third kappa shape index (κ3) is 2.94. The fourth-order valence-electron chi connectivity index (χ4n) is 2.18. The van der Waals surface area contributed by atoms with E-state index in [2.05, 4.69) is 10.7 Å². The minimum absolute atomic E-state index is 0.120. The van der Waals surface area contributed by atoms with E-state index in [1.54, 1.807) is 24.3 Å². The van der Waals surface area contributed by atoms with E-state index in [1.807, 2.05) is 0 Å². The third-order valence-corrected chi connectivity index (χ3v) is 3.14. The standard InChI is InChI=1S/C13H16N4O3/c1-8(18)15-10-2-4-11(5-3-10)17-7-9(6-12(17)19)13(20)16-14/h2-5,9H,6-7,14H2,1H3,(H,15,18)(H,16,20). The van der Waals surface area contributed by atoms with Gasteiger partial charge in [-0.05, 0) is 24.3 Å². The Morgan fingerprint density at radius 3 is 2.50 bits per heavy atom. The number of nitrogens with zero attached hydrogens (tertiary/aromatic N) is 1. The molecule has 1 fully saturated rings. The number of rotatable bonds is 3. The lowest BCUT2D eigenvalue weighted by Crippen LogP contribution is -2.37. The number of carbonyl (C=O) groups is 3. The van der Waals surface area contributed by atoms with Gasteiger partial charge in [0.05, 0.1) is 5.92 Å². The Morgan fingerprint density at radius 2 is 1.95 bits per heavy atom. The zero-order valence-corrected chi connectivity index (χ0v) is 11.1. The average molecular weight is 276 g/mol. The van der Waals surface area contributed by atoms with Gasteiger partial charge in [0.2, 0.25) is 17.7 Å². The van der Waals surface area contributed by atoms with Gasteiger partial charge in [0.1, 0.15) is 0 Å². The van der Waals surface area contributed by atoms with E-state index < -0.39 is 5.92 Å². The maximum atomic E-state index is 11.9. The van der Waals surface area contributed by atoms with Crippen molar-refractivity contribution in [2.24, 2.45) is 11.8 Å². The van der Waals surface area contributed by atoms with Gasteiger partial charge in [-0.15, -0.1) is 0 Å². The summed E-state index contributed by atoms with van der Waals surface area (Å²) in [4.78, 5) is 35.8. The predicted molar refractivity (Wildman–Crippen MR) is 73.5 cm³/mol. The summed E-state index contributed by atoms with van der Waals surface area (Å²) in [5.74, 6) is 4.04. The Balaban J connectivity index is 2.10. The number of anilines is 2. The van der Waals surface area contributed by atoms with Crippen LogP contribution >= 0.6 is 0 Å². The third-order valence-electron chi connectivity index (χ3n) is 3.14. The van der Waals surface area contributed by atoms with Crippen LogP contribution in [-0.4, -0.2) is 24.3 Å². The molecule has 1 aromatic carbocycles. The number of hydrogen-bond acceptors (Lipinski definition) is 4. The number of amides is 3. The molecule has 0 radical (unpaired) electrons. The molecule has 7 heteroatoms. The van der Waals surface area contributed by atoms with E-state index in [-0.39, 0.29) is 24.1 Å². The van der Waals surface area contributed by atoms with Crippen LogP contribution < -0.4 is 21.5 Å². The van der Waals surface area contributed by atoms with Crippen molar-refractivity contribution in [1.82, 2.24) is 5.43 Å². The molecule has 1 aliphatic heterocycles. The summed E-state index contributed by atoms with van der Waals surface area (Å²) in [6.07, 6.45) is 0.149. The van der Waals surface area contributed by atoms with Crippen LogP contribution in [0.4, 0.5) is 11.4 Å². The summed E-state index contributed by atoms with van der Waals surface area (Å²) in [7, 11) is 0. The second-order valence-corrected chi connectivity index (χ2v) is 4.64. The topological polar surface area (TPSA) is 105 Å². The van der Waals surface area contributed by atoms with Crippen molar-refractivity contribution in [2.45, 2.75) is 13.3 Å². The van der Waals surface area contributed by atoms with Crippen LogP contribution in [0.25, 0.3) is 0 Å². The van der Waals surface area contributed by atoms with Crippen molar-refractivity contribution in [1.29, 1.82) is 0 Å². The zero-order valence-electron chi connectivity index (χ0n) is 11.1. The number of nitrogens with two attached hydrogens (primary N) is 1. The van der Waals surface area contributed by atoms with E-state index in [4.69, 9.17) is 5.84 Å². The summed E-state index contributed by atoms with van der Waals surface area (Å²) >= 11 is 0. The van der Waals surface area contributed by atoms with Crippen molar-refractivity contribution >= 4 is 29.1 Å². The lowest BCUT2D eigenvalue weighted by atomic mass is 10.1. The SMILES string of the molecule is CC(=O)Nc1ccc(N2CC(C(=O)NN)CC2=O)cc1. The normalized spacial score (nSPS) is 18.0. The average Bonchev–Trinajstić information content (AvgIpc) is 2.80. The van der Waals surface area contributed by atoms with E-state index >= 15 is 0 Å². The molecule has 4 N–H and O–H groups in total. The highest BCUT2D eigenvalue weighted by atomic mass is 16.2. The predicted octanol–water partition coefficient (Wildman–Crippen LogP) is -0.0122. The highest BCUT2D eigenvalue weighted by Gasteiger charge is 2.34. The number of benzene rings is 1. The van der Waals surface area contributed by atoms with Crippen LogP contribution in [0.5, 0.6) is 0 Å². The summed E-state index contributed by atoms with van der Waals surface area (Å²) in [5, 5.41) is 2.65. The van der Waals surface area contributed by atoms with Crippen LogP contribution in [-0.2, 0) is 14.4 Å². The summed E-state index contributed by atoms with van der Waals surface area (Å²) in [6, 6.07) is 6.87. The summed E-state index contributed by atoms with van der Waals surface area (Å²) in [5.41, 5.74) is 3.41. The maximum absolute atomic E-state index is 11.9. The molecule has 0 bridgehead atoms. The van der Waals surface area contributed by atoms with Gasteiger partial charge in [-0.1, -0.05) is 0 Å². The molecule has 1 aliphatic rings. The Labute approximate surface area is 116 Å². The van der Waals surface area contributed by atoms with E-state index in [0.29, 0.717) is 17.9 Å². The van der Waals surface area contributed by atoms with Crippen molar-refractivity contribution in [3.63, 3.8) is 0 Å². The van der Waals surface area contributed by atoms with E-state index in [9.17, 15) is 14.4 Å². The van der Waals surface area contributed by atoms with Gasteiger partial charge in [-0.25, -0.2) is 5.84 Å². The first-order chi connectivity index (χ1) is 9.51. The lowest BCUT2D eigenvalue weighted by Gasteiger charge is -2.17. The quantitative estimate of drug-likeness (QED) is 0.410. The van der Waals surface area contributed by atoms with Crippen molar-refractivity contribution in [3.8, 4) is 0 Å². The van der Waals surface area contributed by atoms with Crippen LogP contribution in [0.2, 0.25) is 0 Å². The van der Waals surface area contributed by atoms with Gasteiger partial charge < -0.3 is 10.2 Å². The highest BCUT2D eigenvalue weighted by Crippen LogP contribution is 2.26. The van der Waals surface area contributed by atoms with Crippen molar-refractivity contribution in [2.75, 3.05) is 16.8 Å². The molecule has 0 spiro atoms. The van der Waals surface area contributed by atoms with Gasteiger partial charge in [0.15, 0.2) is 0 Å². The van der Waals surface area contributed by atoms with Crippen molar-refractivity contribution < 1.29 is 14.4 Å². The Kier molecular flexibility index (Phi) is 3.99. The summed E-state index contributed by atoms with van der Waals surface area (Å²) < 4.78 is 0. The second kappa shape index (κ2) is 5.70. The fraction of sp³-hybridized carbons (Fsp3) is 0.308. The van der Waals surface area contributed by atoms with Gasteiger partial charge in [0, 0.05) is 31.3 Å². The molecule has 0 aliphatic carbocycles. The van der Waals surface area contributed by atoms with E-state index in [0.717, 1.165) is 0 Å². The molecule has 0 saturated carbocycles. The van der Waals surface area contributed by atoms with E-state index in [1.165, 1.54) is 11.8 Å². The summed E-state index contributed by atoms with van der Waals surface area (Å²) in [6.45, 7) is 1.73. The maximum Gasteiger partial charge on any atom is 0.239 e. The van der Waals surface area contributed by atoms with Gasteiger partial charge in [-0.2, -0.15) is 0 Å². The molecule has 106 valence electrons. The van der Waals surface area contributed by atoms with Gasteiger partial charge in [0.25, 0.3) is 0 Å². The number of carbonyl (C=O) groups excluding carboxylic acids is 3. The molecule has 1 saturated heterocycles. The van der Waals surface area contributed by atoms with Crippen molar-refractivity contribution in [3.05, 3.63) is 24.3 Å². The molecular formula is C13H16N4O3. The van der Waals surface area contributed by atoms with Gasteiger partial charge >= 0.3 is 0 Å². The lowest BCUT2D eigenvalue weighted by molar-refractivity contribution is -0.126. The smallest absolute Gasteiger partial charge is 0.239 e. The second-order valence-electron chi connectivity index (χ2n) is 4.64. The molecular weight excluding hydrogens is 260 g/mol. The zero-order chi connectivity index (χ0) is 14.7.